The molecule has 1 aliphatic heterocycles. The van der Waals surface area contributed by atoms with E-state index in [1.54, 1.807) is 18.3 Å². The van der Waals surface area contributed by atoms with Crippen LogP contribution in [0.3, 0.4) is 0 Å². The lowest BCUT2D eigenvalue weighted by Gasteiger charge is -2.23. The number of carbonyl (C=O) groups excluding carboxylic acids is 1. The van der Waals surface area contributed by atoms with Crippen LogP contribution in [-0.2, 0) is 11.2 Å². The smallest absolute Gasteiger partial charge is 0.269 e. The molecule has 2 aromatic heterocycles. The third kappa shape index (κ3) is 5.04. The summed E-state index contributed by atoms with van der Waals surface area (Å²) in [6.45, 7) is 1.86. The second-order valence-corrected chi connectivity index (χ2v) is 7.65. The highest BCUT2D eigenvalue weighted by molar-refractivity contribution is 6.30. The molecule has 0 bridgehead atoms. The minimum atomic E-state index is -0.463. The molecule has 1 aromatic carbocycles. The van der Waals surface area contributed by atoms with Crippen molar-refractivity contribution in [3.63, 3.8) is 0 Å². The molecule has 3 aromatic rings. The van der Waals surface area contributed by atoms with E-state index < -0.39 is 5.82 Å². The van der Waals surface area contributed by atoms with Gasteiger partial charge < -0.3 is 15.4 Å². The normalized spacial score (nSPS) is 14.6. The Morgan fingerprint density at radius 1 is 1.20 bits per heavy atom. The lowest BCUT2D eigenvalue weighted by molar-refractivity contribution is 0.0903. The quantitative estimate of drug-likeness (QED) is 0.621. The van der Waals surface area contributed by atoms with Gasteiger partial charge in [0.05, 0.1) is 10.5 Å². The standard InChI is InChI=1S/C22H22ClFN4O2/c23-17-3-1-14(11-18(17)24)5-8-25-22(29)19-4-2-15-13-26-21(12-20(15)28-19)27-16-6-9-30-10-7-16/h1-4,11-13,16H,5-10H2,(H,25,29)(H,26,27). The van der Waals surface area contributed by atoms with Crippen molar-refractivity contribution in [3.05, 3.63) is 64.7 Å². The zero-order valence-electron chi connectivity index (χ0n) is 16.3. The lowest BCUT2D eigenvalue weighted by atomic mass is 10.1. The number of benzene rings is 1. The number of nitrogens with one attached hydrogen (secondary N) is 2. The number of pyridine rings is 2. The van der Waals surface area contributed by atoms with Crippen molar-refractivity contribution >= 4 is 34.2 Å². The van der Waals surface area contributed by atoms with Crippen molar-refractivity contribution in [2.24, 2.45) is 0 Å². The van der Waals surface area contributed by atoms with Crippen molar-refractivity contribution in [2.75, 3.05) is 25.1 Å². The zero-order valence-corrected chi connectivity index (χ0v) is 17.1. The molecule has 0 aliphatic carbocycles. The van der Waals surface area contributed by atoms with Gasteiger partial charge in [-0.15, -0.1) is 0 Å². The Morgan fingerprint density at radius 2 is 2.03 bits per heavy atom. The molecule has 0 unspecified atom stereocenters. The highest BCUT2D eigenvalue weighted by Gasteiger charge is 2.14. The number of rotatable bonds is 6. The van der Waals surface area contributed by atoms with Crippen molar-refractivity contribution in [3.8, 4) is 0 Å². The molecule has 4 rings (SSSR count). The minimum absolute atomic E-state index is 0.0864. The number of amides is 1. The fraction of sp³-hybridized carbons (Fsp3) is 0.318. The molecule has 2 N–H and O–H groups in total. The summed E-state index contributed by atoms with van der Waals surface area (Å²) in [5, 5.41) is 7.18. The Bertz CT molecular complexity index is 1060. The summed E-state index contributed by atoms with van der Waals surface area (Å²) < 4.78 is 18.9. The van der Waals surface area contributed by atoms with E-state index in [1.165, 1.54) is 12.1 Å². The Labute approximate surface area is 178 Å². The molecule has 1 aliphatic rings. The Hall–Kier alpha value is -2.77. The predicted octanol–water partition coefficient (Wildman–Crippen LogP) is 3.99. The first kappa shape index (κ1) is 20.5. The highest BCUT2D eigenvalue weighted by atomic mass is 35.5. The molecular formula is C22H22ClFN4O2. The van der Waals surface area contributed by atoms with Crippen LogP contribution in [0, 0.1) is 5.82 Å². The van der Waals surface area contributed by atoms with Gasteiger partial charge in [-0.1, -0.05) is 17.7 Å². The maximum Gasteiger partial charge on any atom is 0.269 e. The molecule has 1 amide bonds. The van der Waals surface area contributed by atoms with Gasteiger partial charge in [-0.3, -0.25) is 4.79 Å². The van der Waals surface area contributed by atoms with Gasteiger partial charge in [-0.05, 0) is 49.1 Å². The number of hydrogen-bond acceptors (Lipinski definition) is 5. The molecule has 156 valence electrons. The Kier molecular flexibility index (Phi) is 6.40. The van der Waals surface area contributed by atoms with E-state index in [-0.39, 0.29) is 10.9 Å². The summed E-state index contributed by atoms with van der Waals surface area (Å²) in [5.41, 5.74) is 1.79. The van der Waals surface area contributed by atoms with Gasteiger partial charge in [0.15, 0.2) is 0 Å². The molecule has 30 heavy (non-hydrogen) atoms. The first-order chi connectivity index (χ1) is 14.6. The van der Waals surface area contributed by atoms with Gasteiger partial charge in [0.25, 0.3) is 5.91 Å². The summed E-state index contributed by atoms with van der Waals surface area (Å²) in [7, 11) is 0. The van der Waals surface area contributed by atoms with Gasteiger partial charge in [0.2, 0.25) is 0 Å². The average Bonchev–Trinajstić information content (AvgIpc) is 2.76. The van der Waals surface area contributed by atoms with E-state index in [0.717, 1.165) is 42.8 Å². The van der Waals surface area contributed by atoms with E-state index in [0.29, 0.717) is 30.2 Å². The fourth-order valence-electron chi connectivity index (χ4n) is 3.38. The molecule has 1 saturated heterocycles. The summed E-state index contributed by atoms with van der Waals surface area (Å²) in [4.78, 5) is 21.4. The minimum Gasteiger partial charge on any atom is -0.381 e. The maximum absolute atomic E-state index is 13.5. The van der Waals surface area contributed by atoms with Gasteiger partial charge in [-0.25, -0.2) is 14.4 Å². The zero-order chi connectivity index (χ0) is 20.9. The van der Waals surface area contributed by atoms with Crippen molar-refractivity contribution in [2.45, 2.75) is 25.3 Å². The molecule has 3 heterocycles. The van der Waals surface area contributed by atoms with Crippen LogP contribution in [0.15, 0.2) is 42.6 Å². The lowest BCUT2D eigenvalue weighted by Crippen LogP contribution is -2.28. The topological polar surface area (TPSA) is 76.1 Å². The molecule has 0 saturated carbocycles. The summed E-state index contributed by atoms with van der Waals surface area (Å²) in [6, 6.07) is 10.3. The maximum atomic E-state index is 13.5. The van der Waals surface area contributed by atoms with Gasteiger partial charge in [0.1, 0.15) is 17.3 Å². The molecule has 0 spiro atoms. The summed E-state index contributed by atoms with van der Waals surface area (Å²) in [6.07, 6.45) is 4.12. The third-order valence-corrected chi connectivity index (χ3v) is 5.37. The van der Waals surface area contributed by atoms with E-state index in [9.17, 15) is 9.18 Å². The molecule has 1 fully saturated rings. The van der Waals surface area contributed by atoms with Gasteiger partial charge in [0, 0.05) is 43.4 Å². The largest absolute Gasteiger partial charge is 0.381 e. The SMILES string of the molecule is O=C(NCCc1ccc(Cl)c(F)c1)c1ccc2cnc(NC3CCOCC3)cc2n1. The first-order valence-electron chi connectivity index (χ1n) is 9.92. The van der Waals surface area contributed by atoms with Crippen LogP contribution in [0.1, 0.15) is 28.9 Å². The van der Waals surface area contributed by atoms with Crippen LogP contribution in [-0.4, -0.2) is 41.7 Å². The number of carbonyl (C=O) groups is 1. The highest BCUT2D eigenvalue weighted by Crippen LogP contribution is 2.19. The van der Waals surface area contributed by atoms with E-state index in [1.807, 2.05) is 12.1 Å². The Balaban J connectivity index is 1.39. The van der Waals surface area contributed by atoms with Crippen LogP contribution >= 0.6 is 11.6 Å². The molecule has 0 atom stereocenters. The fourth-order valence-corrected chi connectivity index (χ4v) is 3.50. The first-order valence-corrected chi connectivity index (χ1v) is 10.3. The van der Waals surface area contributed by atoms with Crippen molar-refractivity contribution in [1.29, 1.82) is 0 Å². The average molecular weight is 429 g/mol. The number of anilines is 1. The Morgan fingerprint density at radius 3 is 2.83 bits per heavy atom. The molecule has 8 heteroatoms. The number of nitrogens with zero attached hydrogens (tertiary/aromatic N) is 2. The summed E-state index contributed by atoms with van der Waals surface area (Å²) in [5.74, 6) is 0.00164. The number of aromatic nitrogens is 2. The van der Waals surface area contributed by atoms with E-state index in [2.05, 4.69) is 20.6 Å². The van der Waals surface area contributed by atoms with Gasteiger partial charge in [-0.2, -0.15) is 0 Å². The molecule has 0 radical (unpaired) electrons. The summed E-state index contributed by atoms with van der Waals surface area (Å²) >= 11 is 5.69. The van der Waals surface area contributed by atoms with Crippen molar-refractivity contribution in [1.82, 2.24) is 15.3 Å². The van der Waals surface area contributed by atoms with Crippen LogP contribution in [0.4, 0.5) is 10.2 Å². The van der Waals surface area contributed by atoms with Crippen LogP contribution < -0.4 is 10.6 Å². The van der Waals surface area contributed by atoms with Crippen molar-refractivity contribution < 1.29 is 13.9 Å². The number of ether oxygens (including phenoxy) is 1. The van der Waals surface area contributed by atoms with Crippen LogP contribution in [0.5, 0.6) is 0 Å². The monoisotopic (exact) mass is 428 g/mol. The second kappa shape index (κ2) is 9.36. The second-order valence-electron chi connectivity index (χ2n) is 7.24. The number of fused-ring (bicyclic) bond motifs is 1. The predicted molar refractivity (Wildman–Crippen MR) is 114 cm³/mol. The number of halogens is 2. The molecular weight excluding hydrogens is 407 g/mol. The van der Waals surface area contributed by atoms with Crippen LogP contribution in [0.2, 0.25) is 5.02 Å². The van der Waals surface area contributed by atoms with Crippen LogP contribution in [0.25, 0.3) is 10.9 Å². The molecule has 6 nitrogen and oxygen atoms in total. The van der Waals surface area contributed by atoms with Gasteiger partial charge >= 0.3 is 0 Å². The number of hydrogen-bond donors (Lipinski definition) is 2. The third-order valence-electron chi connectivity index (χ3n) is 5.06. The van der Waals surface area contributed by atoms with E-state index in [4.69, 9.17) is 16.3 Å². The van der Waals surface area contributed by atoms with E-state index >= 15 is 0 Å².